The summed E-state index contributed by atoms with van der Waals surface area (Å²) in [5, 5.41) is 2.41. The number of aromatic nitrogens is 1. The van der Waals surface area contributed by atoms with Crippen LogP contribution in [0.1, 0.15) is 15.9 Å². The van der Waals surface area contributed by atoms with Crippen LogP contribution in [0.25, 0.3) is 0 Å². The lowest BCUT2D eigenvalue weighted by Crippen LogP contribution is -2.16. The van der Waals surface area contributed by atoms with Crippen LogP contribution in [0.4, 0.5) is 23.2 Å². The van der Waals surface area contributed by atoms with Gasteiger partial charge >= 0.3 is 6.18 Å². The molecule has 0 aliphatic carbocycles. The second kappa shape index (κ2) is 8.27. The quantitative estimate of drug-likeness (QED) is 0.590. The minimum Gasteiger partial charge on any atom is -0.494 e. The van der Waals surface area contributed by atoms with Crippen LogP contribution in [-0.2, 0) is 6.18 Å². The van der Waals surface area contributed by atoms with Crippen molar-refractivity contribution in [2.24, 2.45) is 0 Å². The van der Waals surface area contributed by atoms with Crippen LogP contribution in [0.15, 0.2) is 59.5 Å². The summed E-state index contributed by atoms with van der Waals surface area (Å²) in [6, 6.07) is 8.15. The van der Waals surface area contributed by atoms with E-state index in [1.165, 1.54) is 25.4 Å². The van der Waals surface area contributed by atoms with Gasteiger partial charge in [-0.05, 0) is 36.4 Å². The van der Waals surface area contributed by atoms with E-state index in [1.54, 1.807) is 0 Å². The van der Waals surface area contributed by atoms with Crippen LogP contribution in [0.3, 0.4) is 0 Å². The zero-order valence-corrected chi connectivity index (χ0v) is 15.3. The Morgan fingerprint density at radius 1 is 1.03 bits per heavy atom. The summed E-state index contributed by atoms with van der Waals surface area (Å²) in [5.41, 5.74) is -1.61. The Hall–Kier alpha value is -3.82. The van der Waals surface area contributed by atoms with Crippen LogP contribution in [0.2, 0.25) is 0 Å². The highest BCUT2D eigenvalue weighted by atomic mass is 19.4. The van der Waals surface area contributed by atoms with Gasteiger partial charge < -0.3 is 19.8 Å². The maximum absolute atomic E-state index is 13.6. The Labute approximate surface area is 167 Å². The highest BCUT2D eigenvalue weighted by molar-refractivity contribution is 6.06. The van der Waals surface area contributed by atoms with Crippen molar-refractivity contribution in [1.82, 2.24) is 4.98 Å². The van der Waals surface area contributed by atoms with Gasteiger partial charge in [-0.1, -0.05) is 0 Å². The van der Waals surface area contributed by atoms with Crippen LogP contribution in [0, 0.1) is 5.82 Å². The molecule has 30 heavy (non-hydrogen) atoms. The molecule has 0 aliphatic rings. The summed E-state index contributed by atoms with van der Waals surface area (Å²) in [6.07, 6.45) is -3.38. The number of methoxy groups -OCH3 is 1. The van der Waals surface area contributed by atoms with Gasteiger partial charge in [-0.3, -0.25) is 9.59 Å². The van der Waals surface area contributed by atoms with Crippen molar-refractivity contribution in [3.63, 3.8) is 0 Å². The monoisotopic (exact) mass is 422 g/mol. The zero-order valence-electron chi connectivity index (χ0n) is 15.3. The van der Waals surface area contributed by atoms with Gasteiger partial charge in [0.2, 0.25) is 5.56 Å². The molecule has 3 aromatic rings. The van der Waals surface area contributed by atoms with Crippen molar-refractivity contribution in [2.45, 2.75) is 6.18 Å². The molecular weight excluding hydrogens is 408 g/mol. The van der Waals surface area contributed by atoms with Crippen molar-refractivity contribution in [2.75, 3.05) is 12.4 Å². The Morgan fingerprint density at radius 3 is 2.47 bits per heavy atom. The van der Waals surface area contributed by atoms with Gasteiger partial charge in [-0.15, -0.1) is 0 Å². The van der Waals surface area contributed by atoms with E-state index in [2.05, 4.69) is 10.3 Å². The van der Waals surface area contributed by atoms with E-state index in [0.717, 1.165) is 30.3 Å². The highest BCUT2D eigenvalue weighted by Gasteiger charge is 2.32. The number of halogens is 4. The normalized spacial score (nSPS) is 11.1. The number of nitrogens with one attached hydrogen (secondary N) is 2. The average Bonchev–Trinajstić information content (AvgIpc) is 2.68. The topological polar surface area (TPSA) is 80.4 Å². The summed E-state index contributed by atoms with van der Waals surface area (Å²) in [7, 11) is 1.22. The molecule has 6 nitrogen and oxygen atoms in total. The lowest BCUT2D eigenvalue weighted by atomic mass is 10.1. The van der Waals surface area contributed by atoms with Crippen molar-refractivity contribution >= 4 is 11.6 Å². The van der Waals surface area contributed by atoms with Crippen LogP contribution < -0.4 is 20.3 Å². The molecule has 1 aromatic heterocycles. The number of anilines is 1. The molecule has 0 radical (unpaired) electrons. The van der Waals surface area contributed by atoms with E-state index in [-0.39, 0.29) is 22.7 Å². The number of aromatic amines is 1. The molecule has 0 saturated carbocycles. The van der Waals surface area contributed by atoms with Crippen LogP contribution >= 0.6 is 0 Å². The number of alkyl halides is 3. The van der Waals surface area contributed by atoms with Crippen molar-refractivity contribution in [1.29, 1.82) is 0 Å². The Balaban J connectivity index is 2.00. The molecule has 0 spiro atoms. The molecule has 156 valence electrons. The molecule has 0 fully saturated rings. The number of hydrogen-bond acceptors (Lipinski definition) is 4. The van der Waals surface area contributed by atoms with Crippen molar-refractivity contribution in [3.05, 3.63) is 82.0 Å². The third-order valence-electron chi connectivity index (χ3n) is 3.94. The Bertz CT molecular complexity index is 1140. The number of pyridine rings is 1. The van der Waals surface area contributed by atoms with Gasteiger partial charge in [-0.25, -0.2) is 4.39 Å². The first-order valence-corrected chi connectivity index (χ1v) is 8.40. The predicted molar refractivity (Wildman–Crippen MR) is 99.5 cm³/mol. The first-order valence-electron chi connectivity index (χ1n) is 8.40. The molecule has 0 bridgehead atoms. The number of carbonyl (C=O) groups is 1. The SMILES string of the molecule is COc1cc(Oc2cc(C(F)(F)F)ccc2C(=O)Nc2cc[nH]c(=O)c2)ccc1F. The van der Waals surface area contributed by atoms with Crippen LogP contribution in [0.5, 0.6) is 17.2 Å². The first-order chi connectivity index (χ1) is 14.2. The smallest absolute Gasteiger partial charge is 0.416 e. The third kappa shape index (κ3) is 4.77. The number of hydrogen-bond donors (Lipinski definition) is 2. The average molecular weight is 422 g/mol. The number of benzene rings is 2. The zero-order chi connectivity index (χ0) is 21.9. The Kier molecular flexibility index (Phi) is 5.77. The van der Waals surface area contributed by atoms with E-state index in [9.17, 15) is 27.2 Å². The van der Waals surface area contributed by atoms with Crippen LogP contribution in [-0.4, -0.2) is 18.0 Å². The molecular formula is C20H14F4N2O4. The van der Waals surface area contributed by atoms with Gasteiger partial charge in [0, 0.05) is 24.0 Å². The van der Waals surface area contributed by atoms with Gasteiger partial charge in [0.1, 0.15) is 11.5 Å². The summed E-state index contributed by atoms with van der Waals surface area (Å²) in [6.45, 7) is 0. The minimum atomic E-state index is -4.68. The first kappa shape index (κ1) is 20.9. The van der Waals surface area contributed by atoms with Gasteiger partial charge in [0.25, 0.3) is 5.91 Å². The number of H-pyrrole nitrogens is 1. The summed E-state index contributed by atoms with van der Waals surface area (Å²) >= 11 is 0. The fraction of sp³-hybridized carbons (Fsp3) is 0.100. The molecule has 1 heterocycles. The molecule has 0 unspecified atom stereocenters. The van der Waals surface area contributed by atoms with Crippen molar-refractivity contribution < 1.29 is 31.8 Å². The lowest BCUT2D eigenvalue weighted by Gasteiger charge is -2.15. The maximum Gasteiger partial charge on any atom is 0.416 e. The number of amides is 1. The summed E-state index contributed by atoms with van der Waals surface area (Å²) in [5.74, 6) is -2.15. The second-order valence-electron chi connectivity index (χ2n) is 6.00. The second-order valence-corrected chi connectivity index (χ2v) is 6.00. The molecule has 0 saturated heterocycles. The fourth-order valence-corrected chi connectivity index (χ4v) is 2.52. The van der Waals surface area contributed by atoms with E-state index >= 15 is 0 Å². The number of ether oxygens (including phenoxy) is 2. The van der Waals surface area contributed by atoms with Gasteiger partial charge in [0.05, 0.1) is 18.2 Å². The molecule has 2 N–H and O–H groups in total. The summed E-state index contributed by atoms with van der Waals surface area (Å²) < 4.78 is 63.3. The minimum absolute atomic E-state index is 0.0437. The van der Waals surface area contributed by atoms with E-state index in [1.807, 2.05) is 0 Å². The van der Waals surface area contributed by atoms with E-state index < -0.39 is 34.8 Å². The summed E-state index contributed by atoms with van der Waals surface area (Å²) in [4.78, 5) is 26.3. The lowest BCUT2D eigenvalue weighted by molar-refractivity contribution is -0.137. The number of carbonyl (C=O) groups excluding carboxylic acids is 1. The van der Waals surface area contributed by atoms with E-state index in [4.69, 9.17) is 9.47 Å². The maximum atomic E-state index is 13.6. The molecule has 2 aromatic carbocycles. The molecule has 0 aliphatic heterocycles. The molecule has 1 amide bonds. The highest BCUT2D eigenvalue weighted by Crippen LogP contribution is 2.36. The van der Waals surface area contributed by atoms with Crippen molar-refractivity contribution in [3.8, 4) is 17.2 Å². The van der Waals surface area contributed by atoms with E-state index in [0.29, 0.717) is 6.07 Å². The number of rotatable bonds is 5. The third-order valence-corrected chi connectivity index (χ3v) is 3.94. The molecule has 10 heteroatoms. The fourth-order valence-electron chi connectivity index (χ4n) is 2.52. The van der Waals surface area contributed by atoms with Gasteiger partial charge in [-0.2, -0.15) is 13.2 Å². The standard InChI is InChI=1S/C20H14F4N2O4/c1-29-17-10-13(3-5-15(17)21)30-16-8-11(20(22,23)24)2-4-14(16)19(28)26-12-6-7-25-18(27)9-12/h2-10H,1H3,(H2,25,26,27,28). The largest absolute Gasteiger partial charge is 0.494 e. The molecule has 0 atom stereocenters. The Morgan fingerprint density at radius 2 is 1.80 bits per heavy atom. The molecule has 3 rings (SSSR count). The van der Waals surface area contributed by atoms with Gasteiger partial charge in [0.15, 0.2) is 11.6 Å². The predicted octanol–water partition coefficient (Wildman–Crippen LogP) is 4.59.